The molecule has 10 nitrogen and oxygen atoms in total. The van der Waals surface area contributed by atoms with Gasteiger partial charge in [0.1, 0.15) is 16.8 Å². The summed E-state index contributed by atoms with van der Waals surface area (Å²) < 4.78 is 14.9. The lowest BCUT2D eigenvalue weighted by Gasteiger charge is -2.07. The van der Waals surface area contributed by atoms with E-state index in [9.17, 15) is 33.8 Å². The maximum atomic E-state index is 13.1. The summed E-state index contributed by atoms with van der Waals surface area (Å²) in [7, 11) is 0. The highest BCUT2D eigenvalue weighted by Crippen LogP contribution is 2.38. The minimum atomic E-state index is -1.17. The average molecular weight is 869 g/mol. The summed E-state index contributed by atoms with van der Waals surface area (Å²) in [6, 6.07) is 21.7. The summed E-state index contributed by atoms with van der Waals surface area (Å²) in [6.07, 6.45) is 0. The van der Waals surface area contributed by atoms with E-state index in [1.165, 1.54) is 40.2 Å². The number of carbonyl (C=O) groups is 4. The van der Waals surface area contributed by atoms with Crippen LogP contribution in [-0.4, -0.2) is 43.9 Å². The van der Waals surface area contributed by atoms with Crippen molar-refractivity contribution in [3.05, 3.63) is 138 Å². The zero-order valence-corrected chi connectivity index (χ0v) is 31.3. The first-order valence-electron chi connectivity index (χ1n) is 14.7. The van der Waals surface area contributed by atoms with Gasteiger partial charge in [-0.1, -0.05) is 69.6 Å². The number of rotatable bonds is 8. The molecule has 0 bridgehead atoms. The zero-order valence-electron chi connectivity index (χ0n) is 26.5. The number of aryl methyl sites for hydroxylation is 2. The van der Waals surface area contributed by atoms with Crippen molar-refractivity contribution < 1.29 is 33.8 Å². The Hall–Kier alpha value is -5.09. The molecule has 2 amide bonds. The molecule has 6 rings (SSSR count). The van der Waals surface area contributed by atoms with E-state index in [1.54, 1.807) is 41.8 Å². The molecule has 0 aliphatic rings. The van der Waals surface area contributed by atoms with Crippen LogP contribution in [-0.2, 0) is 0 Å². The van der Waals surface area contributed by atoms with Crippen LogP contribution in [0.3, 0.4) is 0 Å². The van der Waals surface area contributed by atoms with Crippen LogP contribution >= 0.6 is 54.5 Å². The first-order chi connectivity index (χ1) is 24.3. The van der Waals surface area contributed by atoms with Gasteiger partial charge in [-0.05, 0) is 73.5 Å². The van der Waals surface area contributed by atoms with Gasteiger partial charge in [-0.15, -0.1) is 22.7 Å². The predicted octanol–water partition coefficient (Wildman–Crippen LogP) is 10.4. The van der Waals surface area contributed by atoms with Gasteiger partial charge in [0.15, 0.2) is 0 Å². The number of aromatic carboxylic acids is 2. The molecular formula is C37H29Br2FN4O6S2. The summed E-state index contributed by atoms with van der Waals surface area (Å²) in [6.45, 7) is 3.62. The number of anilines is 2. The van der Waals surface area contributed by atoms with Gasteiger partial charge in [-0.25, -0.2) is 14.6 Å². The lowest BCUT2D eigenvalue weighted by Crippen LogP contribution is -2.15. The second-order valence-corrected chi connectivity index (χ2v) is 14.3. The summed E-state index contributed by atoms with van der Waals surface area (Å²) in [5.74, 6) is -4.07. The zero-order chi connectivity index (χ0) is 36.8. The van der Waals surface area contributed by atoms with Gasteiger partial charge in [0.25, 0.3) is 11.8 Å². The van der Waals surface area contributed by atoms with E-state index in [1.807, 2.05) is 38.1 Å². The second kappa shape index (κ2) is 17.4. The standard InChI is InChI=1S/C19H15BrN2O3S.C17H10BrFN2O3S.CH4/c1-10-7-13(8-11(2)21-10)18(23)22-15-9-26-17(16(15)19(24)25)12-3-5-14(20)6-4-12;18-10-6-4-9(5-7-10)15-14(17(23)24)12(8-25-15)21-16(22)11-2-1-3-13(19)20-11;/h3-9H,1-2H3,(H,22,23)(H,24,25);1-8H,(H,21,22)(H,23,24);1H4. The van der Waals surface area contributed by atoms with Crippen molar-refractivity contribution in [2.45, 2.75) is 21.3 Å². The Morgan fingerprint density at radius 3 is 1.54 bits per heavy atom. The molecule has 0 radical (unpaired) electrons. The van der Waals surface area contributed by atoms with E-state index in [-0.39, 0.29) is 41.5 Å². The van der Waals surface area contributed by atoms with Crippen LogP contribution in [0.1, 0.15) is 60.4 Å². The number of halogens is 3. The van der Waals surface area contributed by atoms with Crippen LogP contribution in [0.25, 0.3) is 20.9 Å². The number of carbonyl (C=O) groups excluding carboxylic acids is 2. The first-order valence-corrected chi connectivity index (χ1v) is 18.1. The maximum absolute atomic E-state index is 13.1. The molecule has 0 fully saturated rings. The molecular weight excluding hydrogens is 839 g/mol. The number of nitrogens with zero attached hydrogens (tertiary/aromatic N) is 2. The summed E-state index contributed by atoms with van der Waals surface area (Å²) in [4.78, 5) is 57.1. The minimum absolute atomic E-state index is 0. The lowest BCUT2D eigenvalue weighted by molar-refractivity contribution is 0.0688. The Morgan fingerprint density at radius 1 is 0.673 bits per heavy atom. The molecule has 6 aromatic rings. The normalized spacial score (nSPS) is 10.3. The second-order valence-electron chi connectivity index (χ2n) is 10.7. The fourth-order valence-corrected chi connectivity index (χ4v) is 7.36. The third-order valence-electron chi connectivity index (χ3n) is 7.01. The van der Waals surface area contributed by atoms with E-state index in [0.717, 1.165) is 37.5 Å². The van der Waals surface area contributed by atoms with E-state index >= 15 is 0 Å². The van der Waals surface area contributed by atoms with Gasteiger partial charge in [0.05, 0.1) is 21.1 Å². The Balaban J connectivity index is 0.000000228. The number of hydrogen-bond donors (Lipinski definition) is 4. The van der Waals surface area contributed by atoms with Crippen molar-refractivity contribution in [1.82, 2.24) is 9.97 Å². The topological polar surface area (TPSA) is 159 Å². The number of hydrogen-bond acceptors (Lipinski definition) is 8. The van der Waals surface area contributed by atoms with Crippen LogP contribution < -0.4 is 10.6 Å². The number of nitrogens with one attached hydrogen (secondary N) is 2. The maximum Gasteiger partial charge on any atom is 0.339 e. The molecule has 0 unspecified atom stereocenters. The van der Waals surface area contributed by atoms with E-state index < -0.39 is 23.8 Å². The molecule has 15 heteroatoms. The first kappa shape index (κ1) is 39.7. The Labute approximate surface area is 322 Å². The van der Waals surface area contributed by atoms with Gasteiger partial charge in [-0.2, -0.15) is 4.39 Å². The van der Waals surface area contributed by atoms with Gasteiger partial charge >= 0.3 is 11.9 Å². The third-order valence-corrected chi connectivity index (χ3v) is 10.1. The van der Waals surface area contributed by atoms with Gasteiger partial charge in [0, 0.05) is 36.7 Å². The monoisotopic (exact) mass is 866 g/mol. The van der Waals surface area contributed by atoms with Crippen molar-refractivity contribution in [2.75, 3.05) is 10.6 Å². The smallest absolute Gasteiger partial charge is 0.339 e. The Kier molecular flexibility index (Phi) is 13.3. The van der Waals surface area contributed by atoms with E-state index in [2.05, 4.69) is 52.5 Å². The molecule has 266 valence electrons. The van der Waals surface area contributed by atoms with Crippen molar-refractivity contribution in [3.63, 3.8) is 0 Å². The molecule has 0 saturated heterocycles. The number of benzene rings is 2. The molecule has 52 heavy (non-hydrogen) atoms. The molecule has 0 saturated carbocycles. The summed E-state index contributed by atoms with van der Waals surface area (Å²) >= 11 is 9.18. The van der Waals surface area contributed by atoms with Crippen molar-refractivity contribution >= 4 is 89.7 Å². The van der Waals surface area contributed by atoms with E-state index in [0.29, 0.717) is 15.3 Å². The highest BCUT2D eigenvalue weighted by molar-refractivity contribution is 9.10. The van der Waals surface area contributed by atoms with Gasteiger partial charge in [0.2, 0.25) is 5.95 Å². The number of aromatic nitrogens is 2. The average Bonchev–Trinajstić information content (AvgIpc) is 3.70. The van der Waals surface area contributed by atoms with Crippen LogP contribution in [0.5, 0.6) is 0 Å². The molecule has 0 spiro atoms. The SMILES string of the molecule is C.Cc1cc(C(=O)Nc2csc(-c3ccc(Br)cc3)c2C(=O)O)cc(C)n1.O=C(Nc1csc(-c2ccc(Br)cc2)c1C(=O)O)c1cccc(F)n1. The third kappa shape index (κ3) is 9.61. The number of amides is 2. The fourth-order valence-electron chi connectivity index (χ4n) is 4.83. The Morgan fingerprint density at radius 2 is 1.12 bits per heavy atom. The largest absolute Gasteiger partial charge is 0.478 e. The molecule has 4 aromatic heterocycles. The highest BCUT2D eigenvalue weighted by atomic mass is 79.9. The molecule has 0 aliphatic heterocycles. The molecule has 0 atom stereocenters. The summed E-state index contributed by atoms with van der Waals surface area (Å²) in [5, 5.41) is 27.6. The molecule has 4 heterocycles. The van der Waals surface area contributed by atoms with Gasteiger partial charge in [-0.3, -0.25) is 14.6 Å². The fraction of sp³-hybridized carbons (Fsp3) is 0.0811. The van der Waals surface area contributed by atoms with Crippen LogP contribution in [0.15, 0.2) is 98.6 Å². The lowest BCUT2D eigenvalue weighted by atomic mass is 10.1. The number of carboxylic acids is 2. The van der Waals surface area contributed by atoms with Crippen molar-refractivity contribution in [2.24, 2.45) is 0 Å². The van der Waals surface area contributed by atoms with Crippen LogP contribution in [0, 0.1) is 19.8 Å². The van der Waals surface area contributed by atoms with Crippen LogP contribution in [0.2, 0.25) is 0 Å². The highest BCUT2D eigenvalue weighted by Gasteiger charge is 2.23. The summed E-state index contributed by atoms with van der Waals surface area (Å²) in [5.41, 5.74) is 3.79. The molecule has 0 aliphatic carbocycles. The Bertz CT molecular complexity index is 2260. The van der Waals surface area contributed by atoms with E-state index in [4.69, 9.17) is 0 Å². The molecule has 4 N–H and O–H groups in total. The van der Waals surface area contributed by atoms with Gasteiger partial charge < -0.3 is 20.8 Å². The molecule has 2 aromatic carbocycles. The number of pyridine rings is 2. The number of carboxylic acid groups (broad SMARTS) is 2. The quantitative estimate of drug-likeness (QED) is 0.110. The number of thiophene rings is 2. The van der Waals surface area contributed by atoms with Crippen molar-refractivity contribution in [1.29, 1.82) is 0 Å². The predicted molar refractivity (Wildman–Crippen MR) is 209 cm³/mol. The minimum Gasteiger partial charge on any atom is -0.478 e. The van der Waals surface area contributed by atoms with Crippen molar-refractivity contribution in [3.8, 4) is 20.9 Å². The van der Waals surface area contributed by atoms with Crippen LogP contribution in [0.4, 0.5) is 15.8 Å².